The van der Waals surface area contributed by atoms with Crippen molar-refractivity contribution in [2.24, 2.45) is 5.92 Å². The predicted molar refractivity (Wildman–Crippen MR) is 76.1 cm³/mol. The molecule has 4 nitrogen and oxygen atoms in total. The van der Waals surface area contributed by atoms with Crippen molar-refractivity contribution in [2.45, 2.75) is 26.9 Å². The molecule has 1 unspecified atom stereocenters. The number of nitrogen functional groups attached to an aromatic ring is 1. The number of methoxy groups -OCH3 is 1. The van der Waals surface area contributed by atoms with E-state index in [1.54, 1.807) is 7.11 Å². The Labute approximate surface area is 109 Å². The minimum atomic E-state index is 0.145. The van der Waals surface area contributed by atoms with Gasteiger partial charge in [0.25, 0.3) is 0 Å². The minimum Gasteiger partial charge on any atom is -0.491 e. The van der Waals surface area contributed by atoms with Crippen LogP contribution in [0.4, 0.5) is 11.4 Å². The van der Waals surface area contributed by atoms with Crippen LogP contribution in [0.1, 0.15) is 20.8 Å². The van der Waals surface area contributed by atoms with Crippen LogP contribution >= 0.6 is 0 Å². The van der Waals surface area contributed by atoms with Crippen molar-refractivity contribution in [1.82, 2.24) is 0 Å². The van der Waals surface area contributed by atoms with Gasteiger partial charge in [0.15, 0.2) is 0 Å². The molecule has 0 heterocycles. The number of benzene rings is 1. The van der Waals surface area contributed by atoms with Crippen LogP contribution in [0.2, 0.25) is 0 Å². The number of hydrogen-bond acceptors (Lipinski definition) is 4. The topological polar surface area (TPSA) is 56.5 Å². The fourth-order valence-electron chi connectivity index (χ4n) is 1.70. The number of nitrogens with two attached hydrogens (primary N) is 1. The maximum absolute atomic E-state index is 5.86. The lowest BCUT2D eigenvalue weighted by Gasteiger charge is -2.15. The first-order valence-corrected chi connectivity index (χ1v) is 6.31. The molecule has 0 aromatic heterocycles. The summed E-state index contributed by atoms with van der Waals surface area (Å²) in [4.78, 5) is 0. The Hall–Kier alpha value is -1.42. The van der Waals surface area contributed by atoms with E-state index < -0.39 is 0 Å². The maximum Gasteiger partial charge on any atom is 0.123 e. The quantitative estimate of drug-likeness (QED) is 0.733. The zero-order valence-electron chi connectivity index (χ0n) is 11.7. The lowest BCUT2D eigenvalue weighted by atomic mass is 10.2. The first-order chi connectivity index (χ1) is 8.51. The molecular weight excluding hydrogens is 228 g/mol. The highest BCUT2D eigenvalue weighted by Gasteiger charge is 2.04. The molecule has 0 aliphatic heterocycles. The summed E-state index contributed by atoms with van der Waals surface area (Å²) in [5.74, 6) is 1.25. The maximum atomic E-state index is 5.86. The Bertz CT molecular complexity index is 367. The van der Waals surface area contributed by atoms with E-state index in [4.69, 9.17) is 15.2 Å². The molecule has 0 saturated heterocycles. The van der Waals surface area contributed by atoms with Crippen molar-refractivity contribution in [2.75, 3.05) is 31.3 Å². The van der Waals surface area contributed by atoms with E-state index in [1.165, 1.54) is 0 Å². The molecule has 102 valence electrons. The van der Waals surface area contributed by atoms with Gasteiger partial charge in [0.1, 0.15) is 5.75 Å². The Morgan fingerprint density at radius 2 is 1.94 bits per heavy atom. The molecule has 0 saturated carbocycles. The monoisotopic (exact) mass is 252 g/mol. The summed E-state index contributed by atoms with van der Waals surface area (Å²) >= 11 is 0. The van der Waals surface area contributed by atoms with Crippen molar-refractivity contribution < 1.29 is 9.47 Å². The fraction of sp³-hybridized carbons (Fsp3) is 0.571. The zero-order chi connectivity index (χ0) is 13.5. The van der Waals surface area contributed by atoms with E-state index in [0.29, 0.717) is 11.6 Å². The molecule has 0 radical (unpaired) electrons. The van der Waals surface area contributed by atoms with Gasteiger partial charge in [-0.05, 0) is 25.8 Å². The highest BCUT2D eigenvalue weighted by atomic mass is 16.5. The van der Waals surface area contributed by atoms with Crippen LogP contribution in [0.15, 0.2) is 18.2 Å². The molecule has 1 rings (SSSR count). The standard InChI is InChI=1S/C14H24N2O2/c1-10(2)18-14-6-12(15)5-13(7-14)16-8-11(3)9-17-4/h5-7,10-11,16H,8-9,15H2,1-4H3. The first kappa shape index (κ1) is 14.6. The minimum absolute atomic E-state index is 0.145. The van der Waals surface area contributed by atoms with Crippen LogP contribution in [-0.4, -0.2) is 26.4 Å². The highest BCUT2D eigenvalue weighted by molar-refractivity contribution is 5.59. The summed E-state index contributed by atoms with van der Waals surface area (Å²) in [6.07, 6.45) is 0.145. The summed E-state index contributed by atoms with van der Waals surface area (Å²) in [6, 6.07) is 5.71. The van der Waals surface area contributed by atoms with E-state index in [2.05, 4.69) is 12.2 Å². The van der Waals surface area contributed by atoms with Crippen molar-refractivity contribution >= 4 is 11.4 Å². The van der Waals surface area contributed by atoms with Crippen LogP contribution in [0.25, 0.3) is 0 Å². The van der Waals surface area contributed by atoms with Gasteiger partial charge in [-0.25, -0.2) is 0 Å². The van der Waals surface area contributed by atoms with E-state index >= 15 is 0 Å². The Balaban J connectivity index is 2.62. The molecule has 0 bridgehead atoms. The molecule has 0 amide bonds. The molecule has 0 fully saturated rings. The second-order valence-corrected chi connectivity index (χ2v) is 4.90. The molecular formula is C14H24N2O2. The fourth-order valence-corrected chi connectivity index (χ4v) is 1.70. The summed E-state index contributed by atoms with van der Waals surface area (Å²) in [6.45, 7) is 7.71. The SMILES string of the molecule is COCC(C)CNc1cc(N)cc(OC(C)C)c1. The van der Waals surface area contributed by atoms with Gasteiger partial charge < -0.3 is 20.5 Å². The normalized spacial score (nSPS) is 12.5. The van der Waals surface area contributed by atoms with Crippen LogP contribution in [0.3, 0.4) is 0 Å². The summed E-state index contributed by atoms with van der Waals surface area (Å²) in [5, 5.41) is 3.34. The predicted octanol–water partition coefficient (Wildman–Crippen LogP) is 2.75. The van der Waals surface area contributed by atoms with Crippen molar-refractivity contribution in [1.29, 1.82) is 0 Å². The third kappa shape index (κ3) is 5.27. The van der Waals surface area contributed by atoms with Gasteiger partial charge in [0, 0.05) is 37.2 Å². The summed E-state index contributed by atoms with van der Waals surface area (Å²) in [5.41, 5.74) is 7.54. The van der Waals surface area contributed by atoms with E-state index in [0.717, 1.165) is 24.6 Å². The summed E-state index contributed by atoms with van der Waals surface area (Å²) in [7, 11) is 1.71. The van der Waals surface area contributed by atoms with Crippen LogP contribution in [0.5, 0.6) is 5.75 Å². The van der Waals surface area contributed by atoms with E-state index in [9.17, 15) is 0 Å². The first-order valence-electron chi connectivity index (χ1n) is 6.31. The van der Waals surface area contributed by atoms with Gasteiger partial charge in [-0.2, -0.15) is 0 Å². The van der Waals surface area contributed by atoms with Crippen molar-refractivity contribution in [3.63, 3.8) is 0 Å². The van der Waals surface area contributed by atoms with Crippen LogP contribution in [0, 0.1) is 5.92 Å². The molecule has 0 aliphatic rings. The number of rotatable bonds is 7. The molecule has 1 aromatic carbocycles. The van der Waals surface area contributed by atoms with Gasteiger partial charge >= 0.3 is 0 Å². The number of anilines is 2. The molecule has 3 N–H and O–H groups in total. The average Bonchev–Trinajstić information content (AvgIpc) is 2.25. The Kier molecular flexibility index (Phi) is 5.78. The van der Waals surface area contributed by atoms with Gasteiger partial charge in [0.2, 0.25) is 0 Å². The average molecular weight is 252 g/mol. The highest BCUT2D eigenvalue weighted by Crippen LogP contribution is 2.23. The van der Waals surface area contributed by atoms with Crippen LogP contribution in [-0.2, 0) is 4.74 Å². The van der Waals surface area contributed by atoms with Gasteiger partial charge in [-0.3, -0.25) is 0 Å². The van der Waals surface area contributed by atoms with Crippen LogP contribution < -0.4 is 15.8 Å². The third-order valence-electron chi connectivity index (χ3n) is 2.41. The molecule has 18 heavy (non-hydrogen) atoms. The zero-order valence-corrected chi connectivity index (χ0v) is 11.7. The number of ether oxygens (including phenoxy) is 2. The molecule has 1 aromatic rings. The number of hydrogen-bond donors (Lipinski definition) is 2. The Morgan fingerprint density at radius 1 is 1.22 bits per heavy atom. The third-order valence-corrected chi connectivity index (χ3v) is 2.41. The van der Waals surface area contributed by atoms with Gasteiger partial charge in [0.05, 0.1) is 12.7 Å². The smallest absolute Gasteiger partial charge is 0.123 e. The second-order valence-electron chi connectivity index (χ2n) is 4.90. The van der Waals surface area contributed by atoms with E-state index in [1.807, 2.05) is 32.0 Å². The van der Waals surface area contributed by atoms with E-state index in [-0.39, 0.29) is 6.10 Å². The summed E-state index contributed by atoms with van der Waals surface area (Å²) < 4.78 is 10.7. The molecule has 1 atom stereocenters. The lowest BCUT2D eigenvalue weighted by Crippen LogP contribution is -2.16. The van der Waals surface area contributed by atoms with Crippen molar-refractivity contribution in [3.05, 3.63) is 18.2 Å². The van der Waals surface area contributed by atoms with Gasteiger partial charge in [-0.1, -0.05) is 6.92 Å². The largest absolute Gasteiger partial charge is 0.491 e. The second kappa shape index (κ2) is 7.11. The Morgan fingerprint density at radius 3 is 2.56 bits per heavy atom. The number of nitrogens with one attached hydrogen (secondary N) is 1. The van der Waals surface area contributed by atoms with Crippen molar-refractivity contribution in [3.8, 4) is 5.75 Å². The molecule has 0 aliphatic carbocycles. The molecule has 0 spiro atoms. The lowest BCUT2D eigenvalue weighted by molar-refractivity contribution is 0.164. The van der Waals surface area contributed by atoms with Gasteiger partial charge in [-0.15, -0.1) is 0 Å². The molecule has 4 heteroatoms.